The normalized spacial score (nSPS) is 15.9. The molecule has 0 aliphatic carbocycles. The Kier molecular flexibility index (Phi) is 5.77. The molecule has 5 nitrogen and oxygen atoms in total. The van der Waals surface area contributed by atoms with Crippen molar-refractivity contribution in [2.24, 2.45) is 0 Å². The molecule has 100 valence electrons. The summed E-state index contributed by atoms with van der Waals surface area (Å²) >= 11 is 0. The lowest BCUT2D eigenvalue weighted by Crippen LogP contribution is -2.26. The zero-order chi connectivity index (χ0) is 12.7. The minimum atomic E-state index is -3.79. The molecule has 0 bridgehead atoms. The molecule has 0 amide bonds. The van der Waals surface area contributed by atoms with Crippen molar-refractivity contribution >= 4 is 10.1 Å². The second kappa shape index (κ2) is 6.86. The van der Waals surface area contributed by atoms with Crippen LogP contribution in [0.3, 0.4) is 0 Å². The van der Waals surface area contributed by atoms with Crippen LogP contribution < -0.4 is 0 Å². The molecular weight excluding hydrogens is 240 g/mol. The summed E-state index contributed by atoms with van der Waals surface area (Å²) in [5.74, 6) is -0.135. The molecule has 1 aliphatic heterocycles. The van der Waals surface area contributed by atoms with E-state index in [2.05, 4.69) is 22.9 Å². The largest absolute Gasteiger partial charge is 0.359 e. The minimum Gasteiger partial charge on any atom is -0.359 e. The molecular formula is C11H22N2O3S. The number of hydrogen-bond acceptors (Lipinski definition) is 4. The first-order valence-corrected chi connectivity index (χ1v) is 7.74. The Morgan fingerprint density at radius 1 is 1.12 bits per heavy atom. The van der Waals surface area contributed by atoms with Gasteiger partial charge in [0.25, 0.3) is 10.1 Å². The average Bonchev–Trinajstić information content (AvgIpc) is 2.68. The van der Waals surface area contributed by atoms with Crippen molar-refractivity contribution in [1.29, 1.82) is 0 Å². The quantitative estimate of drug-likeness (QED) is 0.530. The van der Waals surface area contributed by atoms with Crippen LogP contribution in [0.5, 0.6) is 0 Å². The van der Waals surface area contributed by atoms with E-state index < -0.39 is 10.1 Å². The third-order valence-electron chi connectivity index (χ3n) is 2.75. The van der Waals surface area contributed by atoms with Crippen LogP contribution >= 0.6 is 0 Å². The van der Waals surface area contributed by atoms with Gasteiger partial charge >= 0.3 is 0 Å². The SMILES string of the molecule is CCCCN1C=CN(CCCCS(=O)(=O)O)C1. The second-order valence-corrected chi connectivity index (χ2v) is 5.98. The molecule has 1 rings (SSSR count). The summed E-state index contributed by atoms with van der Waals surface area (Å²) in [6, 6.07) is 0. The van der Waals surface area contributed by atoms with Crippen LogP contribution in [0.15, 0.2) is 12.4 Å². The first-order chi connectivity index (χ1) is 8.01. The first-order valence-electron chi connectivity index (χ1n) is 6.13. The summed E-state index contributed by atoms with van der Waals surface area (Å²) in [6.07, 6.45) is 7.81. The minimum absolute atomic E-state index is 0.135. The number of hydrogen-bond donors (Lipinski definition) is 1. The molecule has 0 atom stereocenters. The van der Waals surface area contributed by atoms with E-state index in [0.717, 1.165) is 26.2 Å². The van der Waals surface area contributed by atoms with Crippen LogP contribution in [0.2, 0.25) is 0 Å². The fraction of sp³-hybridized carbons (Fsp3) is 0.818. The highest BCUT2D eigenvalue weighted by molar-refractivity contribution is 7.85. The summed E-state index contributed by atoms with van der Waals surface area (Å²) in [5, 5.41) is 0. The molecule has 17 heavy (non-hydrogen) atoms. The molecule has 1 heterocycles. The van der Waals surface area contributed by atoms with E-state index >= 15 is 0 Å². The van der Waals surface area contributed by atoms with Crippen molar-refractivity contribution in [3.8, 4) is 0 Å². The summed E-state index contributed by atoms with van der Waals surface area (Å²) in [6.45, 7) is 4.99. The Bertz CT molecular complexity index is 341. The van der Waals surface area contributed by atoms with E-state index in [1.807, 2.05) is 6.20 Å². The van der Waals surface area contributed by atoms with Crippen molar-refractivity contribution in [3.63, 3.8) is 0 Å². The fourth-order valence-electron chi connectivity index (χ4n) is 1.77. The third-order valence-corrected chi connectivity index (χ3v) is 3.55. The monoisotopic (exact) mass is 262 g/mol. The van der Waals surface area contributed by atoms with Crippen LogP contribution in [0.1, 0.15) is 32.6 Å². The number of rotatable bonds is 8. The van der Waals surface area contributed by atoms with Gasteiger partial charge in [-0.1, -0.05) is 13.3 Å². The Labute approximate surface area is 104 Å². The van der Waals surface area contributed by atoms with Gasteiger partial charge in [-0.05, 0) is 19.3 Å². The summed E-state index contributed by atoms with van der Waals surface area (Å²) in [5.41, 5.74) is 0. The summed E-state index contributed by atoms with van der Waals surface area (Å²) in [4.78, 5) is 4.42. The van der Waals surface area contributed by atoms with Crippen LogP contribution in [0.4, 0.5) is 0 Å². The van der Waals surface area contributed by atoms with Gasteiger partial charge in [-0.3, -0.25) is 4.55 Å². The van der Waals surface area contributed by atoms with E-state index in [4.69, 9.17) is 4.55 Å². The van der Waals surface area contributed by atoms with Crippen molar-refractivity contribution < 1.29 is 13.0 Å². The molecule has 0 saturated heterocycles. The van der Waals surface area contributed by atoms with Crippen molar-refractivity contribution in [3.05, 3.63) is 12.4 Å². The Balaban J connectivity index is 2.09. The zero-order valence-electron chi connectivity index (χ0n) is 10.4. The second-order valence-electron chi connectivity index (χ2n) is 4.41. The van der Waals surface area contributed by atoms with E-state index in [-0.39, 0.29) is 5.75 Å². The van der Waals surface area contributed by atoms with Gasteiger partial charge in [0, 0.05) is 25.5 Å². The van der Waals surface area contributed by atoms with Crippen molar-refractivity contribution in [2.45, 2.75) is 32.6 Å². The van der Waals surface area contributed by atoms with Crippen molar-refractivity contribution in [2.75, 3.05) is 25.5 Å². The molecule has 6 heteroatoms. The highest BCUT2D eigenvalue weighted by Crippen LogP contribution is 2.09. The molecule has 1 aliphatic rings. The smallest absolute Gasteiger partial charge is 0.264 e. The fourth-order valence-corrected chi connectivity index (χ4v) is 2.34. The molecule has 0 aromatic heterocycles. The van der Waals surface area contributed by atoms with Gasteiger partial charge in [-0.2, -0.15) is 8.42 Å². The number of unbranched alkanes of at least 4 members (excludes halogenated alkanes) is 2. The Hall–Kier alpha value is -0.750. The lowest BCUT2D eigenvalue weighted by molar-refractivity contribution is 0.260. The molecule has 0 unspecified atom stereocenters. The van der Waals surface area contributed by atoms with Gasteiger partial charge < -0.3 is 9.80 Å². The maximum Gasteiger partial charge on any atom is 0.264 e. The lowest BCUT2D eigenvalue weighted by atomic mass is 10.3. The molecule has 0 aromatic carbocycles. The van der Waals surface area contributed by atoms with Gasteiger partial charge in [-0.25, -0.2) is 0 Å². The maximum atomic E-state index is 10.5. The average molecular weight is 262 g/mol. The van der Waals surface area contributed by atoms with E-state index in [9.17, 15) is 8.42 Å². The van der Waals surface area contributed by atoms with Gasteiger partial charge in [0.05, 0.1) is 12.4 Å². The molecule has 0 fully saturated rings. The maximum absolute atomic E-state index is 10.5. The van der Waals surface area contributed by atoms with Crippen LogP contribution in [-0.2, 0) is 10.1 Å². The van der Waals surface area contributed by atoms with Gasteiger partial charge in [0.15, 0.2) is 0 Å². The predicted molar refractivity (Wildman–Crippen MR) is 68.0 cm³/mol. The molecule has 0 spiro atoms. The summed E-state index contributed by atoms with van der Waals surface area (Å²) in [7, 11) is -3.79. The Morgan fingerprint density at radius 2 is 1.71 bits per heavy atom. The summed E-state index contributed by atoms with van der Waals surface area (Å²) < 4.78 is 29.6. The van der Waals surface area contributed by atoms with Gasteiger partial charge in [0.1, 0.15) is 0 Å². The highest BCUT2D eigenvalue weighted by atomic mass is 32.2. The standard InChI is InChI=1S/C11H22N2O3S/c1-2-3-6-12-8-9-13(11-12)7-4-5-10-17(14,15)16/h8-9H,2-7,10-11H2,1H3,(H,14,15,16). The van der Waals surface area contributed by atoms with Crippen LogP contribution in [0.25, 0.3) is 0 Å². The Morgan fingerprint density at radius 3 is 2.24 bits per heavy atom. The predicted octanol–water partition coefficient (Wildman–Crippen LogP) is 1.50. The number of nitrogens with zero attached hydrogens (tertiary/aromatic N) is 2. The molecule has 0 saturated carbocycles. The lowest BCUT2D eigenvalue weighted by Gasteiger charge is -2.20. The first kappa shape index (κ1) is 14.3. The van der Waals surface area contributed by atoms with Gasteiger partial charge in [0.2, 0.25) is 0 Å². The van der Waals surface area contributed by atoms with Crippen LogP contribution in [-0.4, -0.2) is 48.3 Å². The van der Waals surface area contributed by atoms with E-state index in [1.165, 1.54) is 12.8 Å². The van der Waals surface area contributed by atoms with Crippen LogP contribution in [0, 0.1) is 0 Å². The molecule has 0 aromatic rings. The molecule has 0 radical (unpaired) electrons. The van der Waals surface area contributed by atoms with E-state index in [1.54, 1.807) is 0 Å². The highest BCUT2D eigenvalue weighted by Gasteiger charge is 2.11. The topological polar surface area (TPSA) is 60.9 Å². The van der Waals surface area contributed by atoms with Crippen molar-refractivity contribution in [1.82, 2.24) is 9.80 Å². The molecule has 1 N–H and O–H groups in total. The third kappa shape index (κ3) is 6.53. The zero-order valence-corrected chi connectivity index (χ0v) is 11.2. The van der Waals surface area contributed by atoms with Gasteiger partial charge in [-0.15, -0.1) is 0 Å². The van der Waals surface area contributed by atoms with E-state index in [0.29, 0.717) is 6.42 Å².